The van der Waals surface area contributed by atoms with E-state index in [0.29, 0.717) is 0 Å². The van der Waals surface area contributed by atoms with Crippen molar-refractivity contribution in [2.75, 3.05) is 0 Å². The van der Waals surface area contributed by atoms with Crippen LogP contribution in [-0.2, 0) is 4.74 Å². The van der Waals surface area contributed by atoms with Crippen LogP contribution in [0.25, 0.3) is 0 Å². The van der Waals surface area contributed by atoms with Gasteiger partial charge in [-0.05, 0) is 0 Å². The topological polar surface area (TPSA) is 26.3 Å². The Kier molecular flexibility index (Phi) is 4.84. The Balaban J connectivity index is 1.84. The van der Waals surface area contributed by atoms with Gasteiger partial charge in [-0.1, -0.05) is 0 Å². The van der Waals surface area contributed by atoms with E-state index in [9.17, 15) is 4.79 Å². The first-order chi connectivity index (χ1) is 8.34. The quantitative estimate of drug-likeness (QED) is 0.633. The molecule has 3 heteroatoms. The van der Waals surface area contributed by atoms with Crippen LogP contribution in [0, 0.1) is 0 Å². The van der Waals surface area contributed by atoms with Crippen molar-refractivity contribution < 1.29 is 9.53 Å². The Hall–Kier alpha value is -1.05. The summed E-state index contributed by atoms with van der Waals surface area (Å²) in [6.45, 7) is 0. The standard InChI is InChI=1S/C14H16O2Se/c15-14(17-13-10-6-3-7-11-13)16-12-8-4-1-2-5-9-12/h3-4,6-8,10-12H,1-2,5,9H2. The summed E-state index contributed by atoms with van der Waals surface area (Å²) in [6, 6.07) is 9.82. The SMILES string of the molecule is O=C(OC1C=CCCCC1)[Se]c1ccccc1. The minimum atomic E-state index is -0.221. The fourth-order valence-electron chi connectivity index (χ4n) is 1.78. The summed E-state index contributed by atoms with van der Waals surface area (Å²) in [5.41, 5.74) is 0. The van der Waals surface area contributed by atoms with E-state index in [-0.39, 0.29) is 25.9 Å². The molecule has 1 aromatic carbocycles. The predicted molar refractivity (Wildman–Crippen MR) is 69.7 cm³/mol. The number of hydrogen-bond donors (Lipinski definition) is 0. The van der Waals surface area contributed by atoms with Crippen LogP contribution < -0.4 is 4.46 Å². The Labute approximate surface area is 108 Å². The molecule has 0 radical (unpaired) electrons. The first kappa shape index (κ1) is 12.4. The van der Waals surface area contributed by atoms with Gasteiger partial charge in [0.15, 0.2) is 0 Å². The van der Waals surface area contributed by atoms with Crippen LogP contribution in [-0.4, -0.2) is 25.9 Å². The van der Waals surface area contributed by atoms with E-state index >= 15 is 0 Å². The minimum absolute atomic E-state index is 0.00409. The molecular formula is C14H16O2Se. The molecule has 1 atom stereocenters. The van der Waals surface area contributed by atoms with Crippen molar-refractivity contribution in [2.24, 2.45) is 0 Å². The summed E-state index contributed by atoms with van der Waals surface area (Å²) < 4.78 is 6.55. The number of allylic oxidation sites excluding steroid dienone is 1. The van der Waals surface area contributed by atoms with Crippen LogP contribution in [0.5, 0.6) is 0 Å². The zero-order valence-electron chi connectivity index (χ0n) is 9.67. The van der Waals surface area contributed by atoms with Gasteiger partial charge < -0.3 is 0 Å². The first-order valence-corrected chi connectivity index (χ1v) is 7.66. The molecule has 2 rings (SSSR count). The van der Waals surface area contributed by atoms with E-state index in [0.717, 1.165) is 23.7 Å². The molecule has 2 nitrogen and oxygen atoms in total. The number of hydrogen-bond acceptors (Lipinski definition) is 2. The Bertz CT molecular complexity index is 386. The summed E-state index contributed by atoms with van der Waals surface area (Å²) in [4.78, 5) is 11.7. The molecule has 0 fully saturated rings. The summed E-state index contributed by atoms with van der Waals surface area (Å²) in [7, 11) is 0. The molecule has 0 N–H and O–H groups in total. The van der Waals surface area contributed by atoms with Crippen LogP contribution in [0.1, 0.15) is 25.7 Å². The van der Waals surface area contributed by atoms with Gasteiger partial charge in [0, 0.05) is 0 Å². The van der Waals surface area contributed by atoms with Gasteiger partial charge in [0.1, 0.15) is 0 Å². The van der Waals surface area contributed by atoms with Crippen molar-refractivity contribution in [1.82, 2.24) is 0 Å². The third-order valence-electron chi connectivity index (χ3n) is 2.65. The van der Waals surface area contributed by atoms with Gasteiger partial charge >= 0.3 is 108 Å². The van der Waals surface area contributed by atoms with E-state index < -0.39 is 0 Å². The summed E-state index contributed by atoms with van der Waals surface area (Å²) in [6.07, 6.45) is 8.57. The van der Waals surface area contributed by atoms with Crippen molar-refractivity contribution in [3.63, 3.8) is 0 Å². The molecule has 1 unspecified atom stereocenters. The van der Waals surface area contributed by atoms with Crippen molar-refractivity contribution in [3.05, 3.63) is 42.5 Å². The Morgan fingerprint density at radius 1 is 1.24 bits per heavy atom. The van der Waals surface area contributed by atoms with E-state index in [1.54, 1.807) is 0 Å². The number of ether oxygens (including phenoxy) is 1. The van der Waals surface area contributed by atoms with Crippen LogP contribution in [0.15, 0.2) is 42.5 Å². The van der Waals surface area contributed by atoms with Crippen molar-refractivity contribution in [3.8, 4) is 0 Å². The molecule has 0 saturated carbocycles. The number of benzene rings is 1. The normalized spacial score (nSPS) is 19.6. The van der Waals surface area contributed by atoms with Crippen LogP contribution in [0.3, 0.4) is 0 Å². The Morgan fingerprint density at radius 2 is 2.06 bits per heavy atom. The molecule has 90 valence electrons. The predicted octanol–water partition coefficient (Wildman–Crippen LogP) is 2.65. The zero-order valence-corrected chi connectivity index (χ0v) is 11.4. The number of rotatable bonds is 3. The van der Waals surface area contributed by atoms with E-state index in [2.05, 4.69) is 6.08 Å². The molecule has 17 heavy (non-hydrogen) atoms. The average molecular weight is 295 g/mol. The third kappa shape index (κ3) is 4.37. The van der Waals surface area contributed by atoms with Gasteiger partial charge in [0.05, 0.1) is 0 Å². The molecule has 0 aliphatic heterocycles. The van der Waals surface area contributed by atoms with E-state index in [1.165, 1.54) is 6.42 Å². The molecule has 0 aromatic heterocycles. The second-order valence-electron chi connectivity index (χ2n) is 4.03. The molecule has 1 aromatic rings. The fraction of sp³-hybridized carbons (Fsp3) is 0.357. The molecule has 1 aliphatic rings. The molecular weight excluding hydrogens is 279 g/mol. The first-order valence-electron chi connectivity index (χ1n) is 5.95. The van der Waals surface area contributed by atoms with Gasteiger partial charge in [-0.25, -0.2) is 0 Å². The molecule has 0 bridgehead atoms. The van der Waals surface area contributed by atoms with E-state index in [1.807, 2.05) is 36.4 Å². The van der Waals surface area contributed by atoms with Crippen LogP contribution in [0.4, 0.5) is 4.79 Å². The van der Waals surface area contributed by atoms with Gasteiger partial charge in [-0.15, -0.1) is 0 Å². The molecule has 0 spiro atoms. The molecule has 1 aliphatic carbocycles. The zero-order chi connectivity index (χ0) is 11.9. The molecule has 0 heterocycles. The molecule has 0 amide bonds. The maximum absolute atomic E-state index is 11.8. The van der Waals surface area contributed by atoms with Crippen molar-refractivity contribution in [1.29, 1.82) is 0 Å². The third-order valence-corrected chi connectivity index (χ3v) is 4.27. The Morgan fingerprint density at radius 3 is 2.88 bits per heavy atom. The molecule has 0 saturated heterocycles. The number of carbonyl (C=O) groups is 1. The van der Waals surface area contributed by atoms with Crippen molar-refractivity contribution in [2.45, 2.75) is 31.8 Å². The second-order valence-corrected chi connectivity index (χ2v) is 6.15. The van der Waals surface area contributed by atoms with Gasteiger partial charge in [-0.3, -0.25) is 0 Å². The summed E-state index contributed by atoms with van der Waals surface area (Å²) >= 11 is -0.221. The summed E-state index contributed by atoms with van der Waals surface area (Å²) in [5.74, 6) is 0. The van der Waals surface area contributed by atoms with E-state index in [4.69, 9.17) is 4.74 Å². The van der Waals surface area contributed by atoms with Gasteiger partial charge in [-0.2, -0.15) is 0 Å². The fourth-order valence-corrected chi connectivity index (χ4v) is 3.16. The summed E-state index contributed by atoms with van der Waals surface area (Å²) in [5, 5.41) is 0. The van der Waals surface area contributed by atoms with Gasteiger partial charge in [0.25, 0.3) is 0 Å². The van der Waals surface area contributed by atoms with Crippen molar-refractivity contribution >= 4 is 24.3 Å². The average Bonchev–Trinajstić information content (AvgIpc) is 2.59. The van der Waals surface area contributed by atoms with Gasteiger partial charge in [0.2, 0.25) is 0 Å². The number of carbonyl (C=O) groups excluding carboxylic acids is 1. The maximum atomic E-state index is 11.8. The van der Waals surface area contributed by atoms with Crippen LogP contribution in [0.2, 0.25) is 0 Å². The monoisotopic (exact) mass is 296 g/mol. The van der Waals surface area contributed by atoms with Crippen LogP contribution >= 0.6 is 0 Å². The second kappa shape index (κ2) is 6.63.